The van der Waals surface area contributed by atoms with Crippen LogP contribution in [-0.4, -0.2) is 34.4 Å². The summed E-state index contributed by atoms with van der Waals surface area (Å²) in [6.45, 7) is 3.86. The summed E-state index contributed by atoms with van der Waals surface area (Å²) in [5.74, 6) is 0. The van der Waals surface area contributed by atoms with Crippen LogP contribution in [0.15, 0.2) is 21.9 Å². The van der Waals surface area contributed by atoms with Gasteiger partial charge in [0.2, 0.25) is 0 Å². The third-order valence-corrected chi connectivity index (χ3v) is 3.56. The molecule has 2 rings (SSSR count). The number of ether oxygens (including phenoxy) is 1. The molecule has 106 valence electrons. The maximum absolute atomic E-state index is 11.8. The first-order valence-electron chi connectivity index (χ1n) is 6.71. The first kappa shape index (κ1) is 14.0. The molecule has 1 aliphatic heterocycles. The maximum Gasteiger partial charge on any atom is 0.330 e. The zero-order valence-corrected chi connectivity index (χ0v) is 11.5. The molecule has 1 aromatic heterocycles. The van der Waals surface area contributed by atoms with Crippen LogP contribution in [0.2, 0.25) is 0 Å². The van der Waals surface area contributed by atoms with Gasteiger partial charge in [0.05, 0.1) is 6.10 Å². The molecular weight excluding hydrogens is 246 g/mol. The summed E-state index contributed by atoms with van der Waals surface area (Å²) in [5.41, 5.74) is -0.534. The highest BCUT2D eigenvalue weighted by Gasteiger charge is 2.21. The normalized spacial score (nSPS) is 20.6. The van der Waals surface area contributed by atoms with Crippen LogP contribution in [0.4, 0.5) is 0 Å². The standard InChI is InChI=1S/C13H21N3O3/c1-10(11-4-3-9-19-11)14-6-8-16-12(17)5-7-15(2)13(16)18/h5,7,10-11,14H,3-4,6,8-9H2,1-2H3. The summed E-state index contributed by atoms with van der Waals surface area (Å²) < 4.78 is 8.24. The molecule has 19 heavy (non-hydrogen) atoms. The van der Waals surface area contributed by atoms with Crippen molar-refractivity contribution < 1.29 is 4.74 Å². The minimum atomic E-state index is -0.279. The lowest BCUT2D eigenvalue weighted by Crippen LogP contribution is -2.43. The summed E-state index contributed by atoms with van der Waals surface area (Å²) in [6.07, 6.45) is 3.91. The van der Waals surface area contributed by atoms with Crippen molar-refractivity contribution in [3.63, 3.8) is 0 Å². The summed E-state index contributed by atoms with van der Waals surface area (Å²) in [7, 11) is 1.64. The number of nitrogens with zero attached hydrogens (tertiary/aromatic N) is 2. The SMILES string of the molecule is CC(NCCn1c(=O)ccn(C)c1=O)C1CCCO1. The van der Waals surface area contributed by atoms with E-state index < -0.39 is 0 Å². The zero-order chi connectivity index (χ0) is 13.8. The second-order valence-corrected chi connectivity index (χ2v) is 4.99. The second-order valence-electron chi connectivity index (χ2n) is 4.99. The predicted octanol–water partition coefficient (Wildman–Crippen LogP) is -0.296. The van der Waals surface area contributed by atoms with Gasteiger partial charge in [-0.15, -0.1) is 0 Å². The number of hydrogen-bond donors (Lipinski definition) is 1. The first-order valence-corrected chi connectivity index (χ1v) is 6.71. The lowest BCUT2D eigenvalue weighted by Gasteiger charge is -2.20. The van der Waals surface area contributed by atoms with Crippen LogP contribution in [0.5, 0.6) is 0 Å². The summed E-state index contributed by atoms with van der Waals surface area (Å²) >= 11 is 0. The average Bonchev–Trinajstić information content (AvgIpc) is 2.92. The lowest BCUT2D eigenvalue weighted by molar-refractivity contribution is 0.0834. The highest BCUT2D eigenvalue weighted by Crippen LogP contribution is 2.14. The van der Waals surface area contributed by atoms with Gasteiger partial charge >= 0.3 is 5.69 Å². The summed E-state index contributed by atoms with van der Waals surface area (Å²) in [5, 5.41) is 3.31. The van der Waals surface area contributed by atoms with E-state index in [2.05, 4.69) is 12.2 Å². The van der Waals surface area contributed by atoms with Crippen LogP contribution in [0.1, 0.15) is 19.8 Å². The van der Waals surface area contributed by atoms with Crippen molar-refractivity contribution in [2.75, 3.05) is 13.2 Å². The first-order chi connectivity index (χ1) is 9.09. The molecule has 6 heteroatoms. The number of hydrogen-bond acceptors (Lipinski definition) is 4. The molecule has 0 radical (unpaired) electrons. The molecule has 0 spiro atoms. The van der Waals surface area contributed by atoms with E-state index in [1.807, 2.05) is 0 Å². The van der Waals surface area contributed by atoms with E-state index in [1.54, 1.807) is 7.05 Å². The fraction of sp³-hybridized carbons (Fsp3) is 0.692. The Morgan fingerprint density at radius 3 is 3.00 bits per heavy atom. The molecule has 0 bridgehead atoms. The number of rotatable bonds is 5. The Morgan fingerprint density at radius 2 is 2.32 bits per heavy atom. The molecule has 0 saturated carbocycles. The Kier molecular flexibility index (Phi) is 4.55. The fourth-order valence-corrected chi connectivity index (χ4v) is 2.35. The summed E-state index contributed by atoms with van der Waals surface area (Å²) in [6, 6.07) is 1.65. The number of nitrogens with one attached hydrogen (secondary N) is 1. The predicted molar refractivity (Wildman–Crippen MR) is 72.4 cm³/mol. The van der Waals surface area contributed by atoms with Gasteiger partial charge in [0.25, 0.3) is 5.56 Å². The van der Waals surface area contributed by atoms with Crippen molar-refractivity contribution in [3.8, 4) is 0 Å². The molecule has 0 amide bonds. The highest BCUT2D eigenvalue weighted by atomic mass is 16.5. The highest BCUT2D eigenvalue weighted by molar-refractivity contribution is 4.85. The second kappa shape index (κ2) is 6.16. The van der Waals surface area contributed by atoms with Crippen LogP contribution in [-0.2, 0) is 18.3 Å². The largest absolute Gasteiger partial charge is 0.377 e. The van der Waals surface area contributed by atoms with Gasteiger partial charge in [0, 0.05) is 45.0 Å². The fourth-order valence-electron chi connectivity index (χ4n) is 2.35. The zero-order valence-electron chi connectivity index (χ0n) is 11.5. The molecular formula is C13H21N3O3. The number of aryl methyl sites for hydroxylation is 1. The molecule has 1 saturated heterocycles. The van der Waals surface area contributed by atoms with Gasteiger partial charge in [-0.2, -0.15) is 0 Å². The van der Waals surface area contributed by atoms with Crippen molar-refractivity contribution >= 4 is 0 Å². The van der Waals surface area contributed by atoms with E-state index in [9.17, 15) is 9.59 Å². The van der Waals surface area contributed by atoms with E-state index in [4.69, 9.17) is 4.74 Å². The van der Waals surface area contributed by atoms with Crippen LogP contribution in [0, 0.1) is 0 Å². The third kappa shape index (κ3) is 3.33. The lowest BCUT2D eigenvalue weighted by atomic mass is 10.1. The van der Waals surface area contributed by atoms with E-state index in [1.165, 1.54) is 21.4 Å². The molecule has 0 aliphatic carbocycles. The Morgan fingerprint density at radius 1 is 1.53 bits per heavy atom. The Balaban J connectivity index is 1.91. The smallest absolute Gasteiger partial charge is 0.330 e. The van der Waals surface area contributed by atoms with Gasteiger partial charge in [-0.1, -0.05) is 0 Å². The van der Waals surface area contributed by atoms with Crippen molar-refractivity contribution in [3.05, 3.63) is 33.1 Å². The Labute approximate surface area is 112 Å². The van der Waals surface area contributed by atoms with Crippen molar-refractivity contribution in [1.29, 1.82) is 0 Å². The Bertz CT molecular complexity index is 529. The van der Waals surface area contributed by atoms with Gasteiger partial charge in [-0.05, 0) is 19.8 Å². The van der Waals surface area contributed by atoms with E-state index in [-0.39, 0.29) is 23.4 Å². The van der Waals surface area contributed by atoms with Gasteiger partial charge < -0.3 is 14.6 Å². The van der Waals surface area contributed by atoms with Gasteiger partial charge in [0.1, 0.15) is 0 Å². The molecule has 1 N–H and O–H groups in total. The maximum atomic E-state index is 11.8. The topological polar surface area (TPSA) is 65.3 Å². The minimum Gasteiger partial charge on any atom is -0.377 e. The quantitative estimate of drug-likeness (QED) is 0.796. The van der Waals surface area contributed by atoms with Crippen molar-refractivity contribution in [2.45, 2.75) is 38.5 Å². The van der Waals surface area contributed by atoms with E-state index in [0.717, 1.165) is 19.4 Å². The van der Waals surface area contributed by atoms with Crippen LogP contribution < -0.4 is 16.6 Å². The summed E-state index contributed by atoms with van der Waals surface area (Å²) in [4.78, 5) is 23.4. The average molecular weight is 267 g/mol. The molecule has 2 unspecified atom stereocenters. The van der Waals surface area contributed by atoms with Crippen LogP contribution in [0.25, 0.3) is 0 Å². The van der Waals surface area contributed by atoms with Crippen LogP contribution in [0.3, 0.4) is 0 Å². The van der Waals surface area contributed by atoms with Gasteiger partial charge in [0.15, 0.2) is 0 Å². The molecule has 1 fully saturated rings. The third-order valence-electron chi connectivity index (χ3n) is 3.56. The molecule has 2 heterocycles. The van der Waals surface area contributed by atoms with E-state index in [0.29, 0.717) is 13.1 Å². The molecule has 1 aliphatic rings. The molecule has 0 aromatic carbocycles. The number of aromatic nitrogens is 2. The minimum absolute atomic E-state index is 0.241. The van der Waals surface area contributed by atoms with Crippen molar-refractivity contribution in [1.82, 2.24) is 14.5 Å². The van der Waals surface area contributed by atoms with Crippen molar-refractivity contribution in [2.24, 2.45) is 7.05 Å². The monoisotopic (exact) mass is 267 g/mol. The van der Waals surface area contributed by atoms with E-state index >= 15 is 0 Å². The molecule has 1 aromatic rings. The van der Waals surface area contributed by atoms with Crippen LogP contribution >= 0.6 is 0 Å². The Hall–Kier alpha value is -1.40. The molecule has 6 nitrogen and oxygen atoms in total. The van der Waals surface area contributed by atoms with Gasteiger partial charge in [-0.3, -0.25) is 9.36 Å². The molecule has 2 atom stereocenters. The van der Waals surface area contributed by atoms with Gasteiger partial charge in [-0.25, -0.2) is 4.79 Å².